The number of carboxylic acids is 1. The Hall–Kier alpha value is -6.62. The quantitative estimate of drug-likeness (QED) is 0.0204. The second-order valence-electron chi connectivity index (χ2n) is 20.1. The van der Waals surface area contributed by atoms with Crippen molar-refractivity contribution in [1.29, 1.82) is 0 Å². The number of aliphatic hydroxyl groups excluding tert-OH is 2. The van der Waals surface area contributed by atoms with Crippen LogP contribution in [0.2, 0.25) is 0 Å². The van der Waals surface area contributed by atoms with Gasteiger partial charge in [-0.05, 0) is 49.6 Å². The molecule has 6 unspecified atom stereocenters. The highest BCUT2D eigenvalue weighted by molar-refractivity contribution is 7.47. The number of aromatic nitrogens is 3. The van der Waals surface area contributed by atoms with E-state index in [0.29, 0.717) is 45.1 Å². The van der Waals surface area contributed by atoms with Crippen molar-refractivity contribution in [1.82, 2.24) is 34.6 Å². The van der Waals surface area contributed by atoms with Crippen LogP contribution in [0.4, 0.5) is 17.5 Å². The predicted octanol–water partition coefficient (Wildman–Crippen LogP) is 1.82. The minimum atomic E-state index is -5.00. The van der Waals surface area contributed by atoms with Gasteiger partial charge in [0.05, 0.1) is 58.8 Å². The Kier molecular flexibility index (Phi) is 21.0. The molecule has 2 saturated heterocycles. The molecule has 4 amide bonds. The number of carbonyl (C=O) groups is 5. The summed E-state index contributed by atoms with van der Waals surface area (Å²) < 4.78 is 47.7. The number of aliphatic hydroxyl groups is 3. The Labute approximate surface area is 467 Å². The van der Waals surface area contributed by atoms with Crippen molar-refractivity contribution in [3.63, 3.8) is 0 Å². The number of hydrogen-bond donors (Lipinski definition) is 9. The third kappa shape index (κ3) is 15.5. The van der Waals surface area contributed by atoms with Gasteiger partial charge in [0.1, 0.15) is 34.3 Å². The number of carboxylic acid groups (broad SMARTS) is 1. The van der Waals surface area contributed by atoms with E-state index in [0.717, 1.165) is 70.8 Å². The number of hydrogen-bond acceptors (Lipinski definition) is 21. The van der Waals surface area contributed by atoms with E-state index in [4.69, 9.17) is 33.7 Å². The fourth-order valence-corrected chi connectivity index (χ4v) is 10.1. The molecular weight excluding hydrogens is 1080 g/mol. The number of ether oxygens (including phenoxy) is 4. The Morgan fingerprint density at radius 3 is 2.38 bits per heavy atom. The summed E-state index contributed by atoms with van der Waals surface area (Å²) in [5.41, 5.74) is 5.26. The number of phosphoric acid groups is 1. The number of nitrogen functional groups attached to an aromatic ring is 1. The average Bonchev–Trinajstić information content (AvgIpc) is 4.15. The third-order valence-corrected chi connectivity index (χ3v) is 15.3. The molecule has 4 aromatic rings. The van der Waals surface area contributed by atoms with Crippen molar-refractivity contribution in [2.75, 3.05) is 102 Å². The first-order valence-corrected chi connectivity index (χ1v) is 28.2. The maximum Gasteiger partial charge on any atom is 0.472 e. The van der Waals surface area contributed by atoms with Crippen molar-refractivity contribution in [3.8, 4) is 11.5 Å². The summed E-state index contributed by atoms with van der Waals surface area (Å²) in [6.45, 7) is 7.38. The molecule has 81 heavy (non-hydrogen) atoms. The molecule has 0 bridgehead atoms. The molecule has 442 valence electrons. The van der Waals surface area contributed by atoms with Gasteiger partial charge >= 0.3 is 19.6 Å². The number of methoxy groups -OCH3 is 1. The second-order valence-corrected chi connectivity index (χ2v) is 21.6. The summed E-state index contributed by atoms with van der Waals surface area (Å²) in [4.78, 5) is 87.5. The zero-order chi connectivity index (χ0) is 58.5. The van der Waals surface area contributed by atoms with Crippen LogP contribution in [-0.2, 0) is 60.1 Å². The Morgan fingerprint density at radius 1 is 0.938 bits per heavy atom. The van der Waals surface area contributed by atoms with Gasteiger partial charge < -0.3 is 70.5 Å². The number of anilines is 3. The SMILES string of the molecule is CCCCCNc1nc(N)nc2ccn(Cc3ccc(CN4CCN(CCOP(=O)(O)OCC5(O)C(O)COC(Oc6cccc(NC(=O)C(C)(CC)NC(=O)CCOCCN7C(=O)C=CC7=O)c6)(C(=O)O)C5O)CC4)cc3OC)c12. The number of phosphoric ester groups is 1. The molecule has 27 nitrogen and oxygen atoms in total. The summed E-state index contributed by atoms with van der Waals surface area (Å²) in [6.07, 6.45) is 2.72. The van der Waals surface area contributed by atoms with Crippen LogP contribution >= 0.6 is 7.82 Å². The van der Waals surface area contributed by atoms with E-state index in [1.54, 1.807) is 14.0 Å². The molecule has 5 heterocycles. The second kappa shape index (κ2) is 27.4. The summed E-state index contributed by atoms with van der Waals surface area (Å²) in [5, 5.41) is 53.0. The van der Waals surface area contributed by atoms with Crippen LogP contribution in [0.1, 0.15) is 64.0 Å². The van der Waals surface area contributed by atoms with Crippen molar-refractivity contribution >= 4 is 65.9 Å². The van der Waals surface area contributed by atoms with Gasteiger partial charge in [0.2, 0.25) is 17.8 Å². The van der Waals surface area contributed by atoms with Gasteiger partial charge in [-0.2, -0.15) is 4.98 Å². The maximum absolute atomic E-state index is 13.5. The largest absolute Gasteiger partial charge is 0.496 e. The monoisotopic (exact) mass is 1150 g/mol. The summed E-state index contributed by atoms with van der Waals surface area (Å²) in [5.74, 6) is -5.93. The van der Waals surface area contributed by atoms with E-state index in [2.05, 4.69) is 48.4 Å². The summed E-state index contributed by atoms with van der Waals surface area (Å²) in [6, 6.07) is 13.3. The number of benzene rings is 2. The number of piperazine rings is 1. The lowest BCUT2D eigenvalue weighted by molar-refractivity contribution is -0.333. The van der Waals surface area contributed by atoms with E-state index in [1.165, 1.54) is 31.2 Å². The van der Waals surface area contributed by atoms with Crippen LogP contribution in [0.15, 0.2) is 66.9 Å². The highest BCUT2D eigenvalue weighted by Crippen LogP contribution is 2.46. The molecule has 7 rings (SSSR count). The van der Waals surface area contributed by atoms with Crippen molar-refractivity contribution in [3.05, 3.63) is 78.0 Å². The molecule has 3 aliphatic rings. The van der Waals surface area contributed by atoms with Gasteiger partial charge in [-0.3, -0.25) is 42.9 Å². The number of rotatable bonds is 30. The number of nitrogens with one attached hydrogen (secondary N) is 3. The fraction of sp³-hybridized carbons (Fsp3) is 0.528. The number of amides is 4. The molecule has 6 atom stereocenters. The number of carbonyl (C=O) groups excluding carboxylic acids is 4. The third-order valence-electron chi connectivity index (χ3n) is 14.4. The molecule has 2 aromatic heterocycles. The van der Waals surface area contributed by atoms with Gasteiger partial charge in [-0.15, -0.1) is 0 Å². The molecule has 2 aromatic carbocycles. The standard InChI is InChI=1S/C53H73N10O17P/c1-5-7-8-18-55-46-45-39(57-50(54)58-46)16-19-62(45)32-36-13-12-35(29-40(36)75-4)31-61-22-20-60(21-23-61)24-28-78-81(73,74)79-34-52(72)41(64)33-77-53(47(52)68,49(70)71)80-38-11-9-10-37(30-38)56-48(69)51(3,6-2)59-42(65)17-26-76-27-25-63-43(66)14-15-44(63)67/h9-16,19,29-30,41,47,64,68,72H,5-8,17-18,20-28,31-34H2,1-4H3,(H,56,69)(H,59,65)(H,70,71)(H,73,74)(H3,54,55,57,58). The fourth-order valence-electron chi connectivity index (χ4n) is 9.35. The molecule has 3 aliphatic heterocycles. The van der Waals surface area contributed by atoms with E-state index in [-0.39, 0.29) is 63.1 Å². The first kappa shape index (κ1) is 62.0. The van der Waals surface area contributed by atoms with Crippen molar-refractivity contribution < 1.29 is 81.9 Å². The van der Waals surface area contributed by atoms with Crippen molar-refractivity contribution in [2.45, 2.75) is 95.1 Å². The lowest BCUT2D eigenvalue weighted by Gasteiger charge is -2.48. The van der Waals surface area contributed by atoms with Crippen LogP contribution < -0.4 is 31.2 Å². The molecular formula is C53H73N10O17P. The van der Waals surface area contributed by atoms with Crippen LogP contribution in [0, 0.1) is 0 Å². The zero-order valence-corrected chi connectivity index (χ0v) is 46.7. The Morgan fingerprint density at radius 2 is 1.68 bits per heavy atom. The van der Waals surface area contributed by atoms with Crippen LogP contribution in [0.5, 0.6) is 11.5 Å². The van der Waals surface area contributed by atoms with Gasteiger partial charge in [0.15, 0.2) is 11.9 Å². The lowest BCUT2D eigenvalue weighted by atomic mass is 9.83. The van der Waals surface area contributed by atoms with E-state index in [1.807, 2.05) is 29.3 Å². The lowest BCUT2D eigenvalue weighted by Crippen LogP contribution is -2.74. The molecule has 0 aliphatic carbocycles. The van der Waals surface area contributed by atoms with Gasteiger partial charge in [0, 0.05) is 87.9 Å². The number of nitrogens with zero attached hydrogens (tertiary/aromatic N) is 6. The number of nitrogens with two attached hydrogens (primary N) is 1. The van der Waals surface area contributed by atoms with E-state index in [9.17, 15) is 53.9 Å². The Bertz CT molecular complexity index is 2940. The average molecular weight is 1150 g/mol. The van der Waals surface area contributed by atoms with E-state index < -0.39 is 79.8 Å². The highest BCUT2D eigenvalue weighted by Gasteiger charge is 2.65. The Balaban J connectivity index is 0.863. The number of aliphatic carboxylic acids is 1. The van der Waals surface area contributed by atoms with Gasteiger partial charge in [-0.1, -0.05) is 44.9 Å². The molecule has 28 heteroatoms. The maximum atomic E-state index is 13.5. The van der Waals surface area contributed by atoms with Gasteiger partial charge in [0.25, 0.3) is 11.8 Å². The van der Waals surface area contributed by atoms with Crippen LogP contribution in [-0.4, -0.2) is 199 Å². The molecule has 0 radical (unpaired) electrons. The van der Waals surface area contributed by atoms with Crippen molar-refractivity contribution in [2.24, 2.45) is 0 Å². The summed E-state index contributed by atoms with van der Waals surface area (Å²) >= 11 is 0. The van der Waals surface area contributed by atoms with Gasteiger partial charge in [-0.25, -0.2) is 14.3 Å². The molecule has 2 fully saturated rings. The first-order chi connectivity index (χ1) is 38.6. The topological polar surface area (TPSA) is 361 Å². The smallest absolute Gasteiger partial charge is 0.472 e. The van der Waals surface area contributed by atoms with E-state index >= 15 is 0 Å². The van der Waals surface area contributed by atoms with Crippen LogP contribution in [0.3, 0.4) is 0 Å². The minimum absolute atomic E-state index is 0.00353. The first-order valence-electron chi connectivity index (χ1n) is 26.7. The minimum Gasteiger partial charge on any atom is -0.496 e. The highest BCUT2D eigenvalue weighted by atomic mass is 31.2. The zero-order valence-electron chi connectivity index (χ0n) is 45.8. The number of unbranched alkanes of at least 4 members (excludes halogenated alkanes) is 2. The predicted molar refractivity (Wildman–Crippen MR) is 293 cm³/mol. The van der Waals surface area contributed by atoms with Crippen LogP contribution in [0.25, 0.3) is 11.0 Å². The number of imide groups is 1. The normalized spacial score (nSPS) is 22.1. The summed E-state index contributed by atoms with van der Waals surface area (Å²) in [7, 11) is -3.36. The number of fused-ring (bicyclic) bond motifs is 1. The molecule has 10 N–H and O–H groups in total. The molecule has 0 spiro atoms. The molecule has 0 saturated carbocycles.